The molecule has 2 heterocycles. The number of aromatic nitrogens is 1. The fraction of sp³-hybridized carbons (Fsp3) is 0.688. The number of anilines is 1. The zero-order valence-corrected chi connectivity index (χ0v) is 15.3. The number of hydrogen-bond acceptors (Lipinski definition) is 6. The van der Waals surface area contributed by atoms with E-state index in [2.05, 4.69) is 15.8 Å². The van der Waals surface area contributed by atoms with Gasteiger partial charge in [0.1, 0.15) is 5.76 Å². The number of likely N-dealkylation sites (tertiary alicyclic amines) is 1. The van der Waals surface area contributed by atoms with E-state index in [0.29, 0.717) is 23.2 Å². The van der Waals surface area contributed by atoms with Gasteiger partial charge in [0.25, 0.3) is 0 Å². The topological polar surface area (TPSA) is 87.5 Å². The number of thioether (sulfide) groups is 1. The number of carbonyl (C=O) groups excluding carboxylic acids is 2. The molecule has 1 aromatic heterocycles. The molecular formula is C16H26N4O3S. The van der Waals surface area contributed by atoms with Gasteiger partial charge in [0.05, 0.1) is 11.0 Å². The lowest BCUT2D eigenvalue weighted by molar-refractivity contribution is -0.130. The van der Waals surface area contributed by atoms with Gasteiger partial charge in [-0.15, -0.1) is 11.8 Å². The van der Waals surface area contributed by atoms with Crippen LogP contribution >= 0.6 is 11.8 Å². The highest BCUT2D eigenvalue weighted by molar-refractivity contribution is 8.01. The highest BCUT2D eigenvalue weighted by Gasteiger charge is 2.24. The minimum Gasteiger partial charge on any atom is -0.360 e. The molecule has 2 amide bonds. The van der Waals surface area contributed by atoms with Crippen molar-refractivity contribution in [2.75, 3.05) is 37.8 Å². The van der Waals surface area contributed by atoms with Gasteiger partial charge in [-0.2, -0.15) is 0 Å². The Kier molecular flexibility index (Phi) is 7.11. The third-order valence-corrected chi connectivity index (χ3v) is 5.20. The summed E-state index contributed by atoms with van der Waals surface area (Å²) in [7, 11) is 1.94. The molecule has 1 fully saturated rings. The number of piperidine rings is 1. The van der Waals surface area contributed by atoms with Crippen LogP contribution in [-0.2, 0) is 9.59 Å². The molecule has 2 N–H and O–H groups in total. The second-order valence-corrected chi connectivity index (χ2v) is 7.50. The smallest absolute Gasteiger partial charge is 0.238 e. The van der Waals surface area contributed by atoms with E-state index in [1.165, 1.54) is 11.8 Å². The first-order chi connectivity index (χ1) is 11.5. The van der Waals surface area contributed by atoms with Gasteiger partial charge in [-0.3, -0.25) is 9.59 Å². The zero-order chi connectivity index (χ0) is 17.5. The normalized spacial score (nSPS) is 19.1. The molecule has 134 valence electrons. The Labute approximate surface area is 146 Å². The average molecular weight is 354 g/mol. The van der Waals surface area contributed by atoms with Gasteiger partial charge < -0.3 is 20.1 Å². The minimum atomic E-state index is -0.330. The van der Waals surface area contributed by atoms with Crippen molar-refractivity contribution in [3.05, 3.63) is 11.8 Å². The van der Waals surface area contributed by atoms with E-state index in [1.54, 1.807) is 19.9 Å². The van der Waals surface area contributed by atoms with Crippen LogP contribution in [0.15, 0.2) is 10.6 Å². The molecule has 0 spiro atoms. The molecule has 0 radical (unpaired) electrons. The molecule has 24 heavy (non-hydrogen) atoms. The third-order valence-electron chi connectivity index (χ3n) is 4.07. The Morgan fingerprint density at radius 3 is 3.00 bits per heavy atom. The van der Waals surface area contributed by atoms with Gasteiger partial charge >= 0.3 is 0 Å². The molecule has 0 aromatic carbocycles. The van der Waals surface area contributed by atoms with Crippen molar-refractivity contribution in [1.82, 2.24) is 15.4 Å². The molecule has 1 aromatic rings. The van der Waals surface area contributed by atoms with Crippen molar-refractivity contribution in [3.8, 4) is 0 Å². The molecule has 1 saturated heterocycles. The average Bonchev–Trinajstić information content (AvgIpc) is 2.97. The van der Waals surface area contributed by atoms with Crippen molar-refractivity contribution in [1.29, 1.82) is 0 Å². The van der Waals surface area contributed by atoms with Crippen LogP contribution in [0.1, 0.15) is 25.5 Å². The highest BCUT2D eigenvalue weighted by atomic mass is 32.2. The lowest BCUT2D eigenvalue weighted by Gasteiger charge is -2.32. The lowest BCUT2D eigenvalue weighted by Crippen LogP contribution is -2.43. The molecule has 2 unspecified atom stereocenters. The van der Waals surface area contributed by atoms with Crippen LogP contribution in [0.5, 0.6) is 0 Å². The third kappa shape index (κ3) is 5.52. The van der Waals surface area contributed by atoms with Crippen molar-refractivity contribution < 1.29 is 14.1 Å². The van der Waals surface area contributed by atoms with E-state index in [4.69, 9.17) is 4.52 Å². The number of carbonyl (C=O) groups is 2. The molecule has 2 rings (SSSR count). The Bertz CT molecular complexity index is 561. The summed E-state index contributed by atoms with van der Waals surface area (Å²) in [4.78, 5) is 26.4. The predicted octanol–water partition coefficient (Wildman–Crippen LogP) is 1.50. The van der Waals surface area contributed by atoms with E-state index in [-0.39, 0.29) is 17.1 Å². The first kappa shape index (κ1) is 18.8. The Balaban J connectivity index is 1.74. The minimum absolute atomic E-state index is 0.109. The summed E-state index contributed by atoms with van der Waals surface area (Å²) < 4.78 is 4.92. The standard InChI is InChI=1S/C16H26N4O3S/c1-11-7-14(19-23-11)18-16(22)12(2)24-10-15(21)20-6-4-5-13(9-20)8-17-3/h7,12-13,17H,4-6,8-10H2,1-3H3,(H,18,19,22). The number of nitrogens with zero attached hydrogens (tertiary/aromatic N) is 2. The summed E-state index contributed by atoms with van der Waals surface area (Å²) in [5.41, 5.74) is 0. The van der Waals surface area contributed by atoms with Gasteiger partial charge in [-0.1, -0.05) is 5.16 Å². The number of amides is 2. The van der Waals surface area contributed by atoms with Crippen molar-refractivity contribution in [2.24, 2.45) is 5.92 Å². The molecule has 0 saturated carbocycles. The molecule has 1 aliphatic heterocycles. The summed E-state index contributed by atoms with van der Waals surface area (Å²) >= 11 is 1.35. The van der Waals surface area contributed by atoms with E-state index in [0.717, 1.165) is 32.5 Å². The van der Waals surface area contributed by atoms with E-state index in [9.17, 15) is 9.59 Å². The summed E-state index contributed by atoms with van der Waals surface area (Å²) in [5.74, 6) is 1.82. The molecule has 0 bridgehead atoms. The van der Waals surface area contributed by atoms with Crippen molar-refractivity contribution >= 4 is 29.4 Å². The first-order valence-corrected chi connectivity index (χ1v) is 9.32. The second-order valence-electron chi connectivity index (χ2n) is 6.17. The van der Waals surface area contributed by atoms with Gasteiger partial charge in [0, 0.05) is 19.2 Å². The number of hydrogen-bond donors (Lipinski definition) is 2. The molecule has 1 aliphatic rings. The maximum Gasteiger partial charge on any atom is 0.238 e. The number of aryl methyl sites for hydroxylation is 1. The number of nitrogens with one attached hydrogen (secondary N) is 2. The lowest BCUT2D eigenvalue weighted by atomic mass is 9.98. The van der Waals surface area contributed by atoms with Crippen molar-refractivity contribution in [3.63, 3.8) is 0 Å². The van der Waals surface area contributed by atoms with Gasteiger partial charge in [0.2, 0.25) is 11.8 Å². The summed E-state index contributed by atoms with van der Waals surface area (Å²) in [6, 6.07) is 1.66. The monoisotopic (exact) mass is 354 g/mol. The highest BCUT2D eigenvalue weighted by Crippen LogP contribution is 2.19. The van der Waals surface area contributed by atoms with Crippen LogP contribution in [0.25, 0.3) is 0 Å². The van der Waals surface area contributed by atoms with Crippen molar-refractivity contribution in [2.45, 2.75) is 31.9 Å². The van der Waals surface area contributed by atoms with Crippen LogP contribution in [0.2, 0.25) is 0 Å². The Hall–Kier alpha value is -1.54. The molecular weight excluding hydrogens is 328 g/mol. The molecule has 7 nitrogen and oxygen atoms in total. The quantitative estimate of drug-likeness (QED) is 0.772. The molecule has 2 atom stereocenters. The molecule has 8 heteroatoms. The van der Waals surface area contributed by atoms with Gasteiger partial charge in [0.15, 0.2) is 5.82 Å². The van der Waals surface area contributed by atoms with Crippen LogP contribution in [0.3, 0.4) is 0 Å². The van der Waals surface area contributed by atoms with Gasteiger partial charge in [-0.25, -0.2) is 0 Å². The fourth-order valence-corrected chi connectivity index (χ4v) is 3.55. The summed E-state index contributed by atoms with van der Waals surface area (Å²) in [6.07, 6.45) is 2.21. The van der Waals surface area contributed by atoms with Crippen LogP contribution in [-0.4, -0.2) is 59.6 Å². The van der Waals surface area contributed by atoms with Crippen LogP contribution < -0.4 is 10.6 Å². The van der Waals surface area contributed by atoms with Crippen LogP contribution in [0, 0.1) is 12.8 Å². The maximum absolute atomic E-state index is 12.4. The van der Waals surface area contributed by atoms with Crippen LogP contribution in [0.4, 0.5) is 5.82 Å². The Morgan fingerprint density at radius 1 is 1.54 bits per heavy atom. The second kappa shape index (κ2) is 9.08. The van der Waals surface area contributed by atoms with E-state index < -0.39 is 0 Å². The number of rotatable bonds is 7. The van der Waals surface area contributed by atoms with Gasteiger partial charge in [-0.05, 0) is 46.2 Å². The van der Waals surface area contributed by atoms with E-state index in [1.807, 2.05) is 11.9 Å². The summed E-state index contributed by atoms with van der Waals surface area (Å²) in [5, 5.41) is 9.27. The largest absolute Gasteiger partial charge is 0.360 e. The zero-order valence-electron chi connectivity index (χ0n) is 14.5. The SMILES string of the molecule is CNCC1CCCN(C(=O)CSC(C)C(=O)Nc2cc(C)on2)C1. The maximum atomic E-state index is 12.4. The summed E-state index contributed by atoms with van der Waals surface area (Å²) in [6.45, 7) is 6.12. The molecule has 0 aliphatic carbocycles. The fourth-order valence-electron chi connectivity index (χ4n) is 2.76. The predicted molar refractivity (Wildman–Crippen MR) is 95.0 cm³/mol. The Morgan fingerprint density at radius 2 is 2.33 bits per heavy atom. The first-order valence-electron chi connectivity index (χ1n) is 8.27. The van der Waals surface area contributed by atoms with E-state index >= 15 is 0 Å².